The number of benzene rings is 1. The molecule has 0 aromatic heterocycles. The quantitative estimate of drug-likeness (QED) is 0.886. The Morgan fingerprint density at radius 3 is 2.62 bits per heavy atom. The zero-order chi connectivity index (χ0) is 12.3. The van der Waals surface area contributed by atoms with Crippen molar-refractivity contribution in [2.45, 2.75) is 12.5 Å². The molecule has 0 aliphatic rings. The maximum absolute atomic E-state index is 13.2. The van der Waals surface area contributed by atoms with Crippen molar-refractivity contribution < 1.29 is 14.3 Å². The Labute approximate surface area is 98.4 Å². The van der Waals surface area contributed by atoms with Crippen LogP contribution in [0.4, 0.5) is 4.39 Å². The van der Waals surface area contributed by atoms with Gasteiger partial charge in [0.2, 0.25) is 0 Å². The molecule has 88 valence electrons. The van der Waals surface area contributed by atoms with E-state index in [4.69, 9.17) is 16.7 Å². The molecule has 1 unspecified atom stereocenters. The summed E-state index contributed by atoms with van der Waals surface area (Å²) >= 11 is 5.57. The second-order valence-corrected chi connectivity index (χ2v) is 4.16. The summed E-state index contributed by atoms with van der Waals surface area (Å²) in [6, 6.07) is 3.99. The first-order valence-electron chi connectivity index (χ1n) is 4.75. The number of carboxylic acids is 1. The highest BCUT2D eigenvalue weighted by atomic mass is 35.5. The van der Waals surface area contributed by atoms with Gasteiger partial charge in [-0.2, -0.15) is 0 Å². The average Bonchev–Trinajstić information content (AvgIpc) is 2.18. The van der Waals surface area contributed by atoms with Gasteiger partial charge in [-0.3, -0.25) is 4.79 Å². The number of rotatable bonds is 4. The average molecular weight is 246 g/mol. The molecule has 1 atom stereocenters. The highest BCUT2D eigenvalue weighted by molar-refractivity contribution is 6.30. The lowest BCUT2D eigenvalue weighted by Crippen LogP contribution is -2.22. The Hall–Kier alpha value is -1.13. The molecule has 3 nitrogen and oxygen atoms in total. The summed E-state index contributed by atoms with van der Waals surface area (Å²) in [5, 5.41) is 8.81. The van der Waals surface area contributed by atoms with Gasteiger partial charge in [-0.1, -0.05) is 17.7 Å². The second-order valence-electron chi connectivity index (χ2n) is 3.75. The molecule has 0 bridgehead atoms. The summed E-state index contributed by atoms with van der Waals surface area (Å²) in [5.74, 6) is -1.45. The van der Waals surface area contributed by atoms with Crippen LogP contribution < -0.4 is 0 Å². The number of aliphatic carboxylic acids is 1. The summed E-state index contributed by atoms with van der Waals surface area (Å²) in [5.41, 5.74) is 0.606. The highest BCUT2D eigenvalue weighted by Gasteiger charge is 2.18. The third-order valence-electron chi connectivity index (χ3n) is 2.32. The predicted molar refractivity (Wildman–Crippen MR) is 60.1 cm³/mol. The van der Waals surface area contributed by atoms with Gasteiger partial charge >= 0.3 is 5.97 Å². The molecule has 0 heterocycles. The fourth-order valence-electron chi connectivity index (χ4n) is 1.48. The van der Waals surface area contributed by atoms with E-state index in [1.54, 1.807) is 25.1 Å². The van der Waals surface area contributed by atoms with Crippen LogP contribution in [0.2, 0.25) is 5.02 Å². The topological polar surface area (TPSA) is 40.5 Å². The molecule has 0 spiro atoms. The van der Waals surface area contributed by atoms with E-state index in [9.17, 15) is 9.18 Å². The Balaban J connectivity index is 3.01. The molecule has 0 aliphatic carbocycles. The van der Waals surface area contributed by atoms with E-state index in [0.717, 1.165) is 0 Å². The highest BCUT2D eigenvalue weighted by Crippen LogP contribution is 2.25. The number of hydrogen-bond acceptors (Lipinski definition) is 2. The summed E-state index contributed by atoms with van der Waals surface area (Å²) < 4.78 is 13.2. The Kier molecular flexibility index (Phi) is 4.26. The van der Waals surface area contributed by atoms with Gasteiger partial charge in [-0.15, -0.1) is 0 Å². The molecule has 1 rings (SSSR count). The van der Waals surface area contributed by atoms with Gasteiger partial charge in [0.25, 0.3) is 0 Å². The van der Waals surface area contributed by atoms with E-state index in [2.05, 4.69) is 0 Å². The maximum atomic E-state index is 13.2. The van der Waals surface area contributed by atoms with Crippen molar-refractivity contribution in [1.82, 2.24) is 4.90 Å². The number of nitrogens with zero attached hydrogens (tertiary/aromatic N) is 1. The van der Waals surface area contributed by atoms with Crippen molar-refractivity contribution in [2.75, 3.05) is 14.1 Å². The first kappa shape index (κ1) is 12.9. The molecule has 1 aromatic carbocycles. The molecule has 0 saturated carbocycles. The molecule has 1 aromatic rings. The number of carboxylic acid groups (broad SMARTS) is 1. The predicted octanol–water partition coefficient (Wildman–Crippen LogP) is 2.56. The molecular weight excluding hydrogens is 233 g/mol. The van der Waals surface area contributed by atoms with Crippen LogP contribution in [0.25, 0.3) is 0 Å². The summed E-state index contributed by atoms with van der Waals surface area (Å²) in [7, 11) is 3.50. The lowest BCUT2D eigenvalue weighted by Gasteiger charge is -2.23. The summed E-state index contributed by atoms with van der Waals surface area (Å²) in [4.78, 5) is 12.4. The molecule has 1 N–H and O–H groups in total. The minimum absolute atomic E-state index is 0.0385. The smallest absolute Gasteiger partial charge is 0.305 e. The summed E-state index contributed by atoms with van der Waals surface area (Å²) in [6.07, 6.45) is -0.0753. The van der Waals surface area contributed by atoms with Crippen LogP contribution in [0.3, 0.4) is 0 Å². The van der Waals surface area contributed by atoms with Crippen LogP contribution in [-0.2, 0) is 4.79 Å². The largest absolute Gasteiger partial charge is 0.481 e. The van der Waals surface area contributed by atoms with Crippen LogP contribution in [-0.4, -0.2) is 30.1 Å². The van der Waals surface area contributed by atoms with E-state index in [1.165, 1.54) is 12.1 Å². The van der Waals surface area contributed by atoms with Crippen molar-refractivity contribution in [3.8, 4) is 0 Å². The molecule has 0 radical (unpaired) electrons. The Bertz CT molecular complexity index is 396. The number of halogens is 2. The third kappa shape index (κ3) is 3.18. The van der Waals surface area contributed by atoms with E-state index in [1.807, 2.05) is 0 Å². The maximum Gasteiger partial charge on any atom is 0.305 e. The van der Waals surface area contributed by atoms with Gasteiger partial charge in [0.1, 0.15) is 5.82 Å². The van der Waals surface area contributed by atoms with E-state index >= 15 is 0 Å². The molecule has 0 aliphatic heterocycles. The second kappa shape index (κ2) is 5.27. The molecular formula is C11H13ClFNO2. The standard InChI is InChI=1S/C11H13ClFNO2/c1-14(2)10(6-11(15)16)7-3-4-8(12)9(13)5-7/h3-5,10H,6H2,1-2H3,(H,15,16). The molecule has 0 amide bonds. The number of hydrogen-bond donors (Lipinski definition) is 1. The Morgan fingerprint density at radius 2 is 2.19 bits per heavy atom. The molecule has 16 heavy (non-hydrogen) atoms. The van der Waals surface area contributed by atoms with E-state index < -0.39 is 11.8 Å². The van der Waals surface area contributed by atoms with Crippen LogP contribution in [0, 0.1) is 5.82 Å². The van der Waals surface area contributed by atoms with Gasteiger partial charge in [0, 0.05) is 6.04 Å². The lowest BCUT2D eigenvalue weighted by molar-refractivity contribution is -0.138. The first-order chi connectivity index (χ1) is 7.41. The minimum atomic E-state index is -0.922. The van der Waals surface area contributed by atoms with Crippen LogP contribution in [0.15, 0.2) is 18.2 Å². The SMILES string of the molecule is CN(C)C(CC(=O)O)c1ccc(Cl)c(F)c1. The first-order valence-corrected chi connectivity index (χ1v) is 5.12. The van der Waals surface area contributed by atoms with Gasteiger partial charge in [0.15, 0.2) is 0 Å². The zero-order valence-corrected chi connectivity index (χ0v) is 9.83. The third-order valence-corrected chi connectivity index (χ3v) is 2.63. The Morgan fingerprint density at radius 1 is 1.56 bits per heavy atom. The fourth-order valence-corrected chi connectivity index (χ4v) is 1.60. The van der Waals surface area contributed by atoms with Crippen LogP contribution in [0.5, 0.6) is 0 Å². The van der Waals surface area contributed by atoms with Crippen molar-refractivity contribution in [3.63, 3.8) is 0 Å². The van der Waals surface area contributed by atoms with Gasteiger partial charge in [0.05, 0.1) is 11.4 Å². The summed E-state index contributed by atoms with van der Waals surface area (Å²) in [6.45, 7) is 0. The molecule has 5 heteroatoms. The fraction of sp³-hybridized carbons (Fsp3) is 0.364. The molecule has 0 saturated heterocycles. The van der Waals surface area contributed by atoms with Crippen molar-refractivity contribution in [3.05, 3.63) is 34.6 Å². The van der Waals surface area contributed by atoms with Gasteiger partial charge in [-0.25, -0.2) is 4.39 Å². The van der Waals surface area contributed by atoms with Gasteiger partial charge < -0.3 is 10.0 Å². The van der Waals surface area contributed by atoms with Gasteiger partial charge in [-0.05, 0) is 31.8 Å². The monoisotopic (exact) mass is 245 g/mol. The normalized spacial score (nSPS) is 12.8. The van der Waals surface area contributed by atoms with Crippen LogP contribution in [0.1, 0.15) is 18.0 Å². The zero-order valence-electron chi connectivity index (χ0n) is 9.08. The lowest BCUT2D eigenvalue weighted by atomic mass is 10.0. The van der Waals surface area contributed by atoms with Crippen molar-refractivity contribution in [2.24, 2.45) is 0 Å². The minimum Gasteiger partial charge on any atom is -0.481 e. The van der Waals surface area contributed by atoms with Crippen LogP contribution >= 0.6 is 11.6 Å². The van der Waals surface area contributed by atoms with E-state index in [0.29, 0.717) is 5.56 Å². The number of carbonyl (C=O) groups is 1. The van der Waals surface area contributed by atoms with Crippen molar-refractivity contribution in [1.29, 1.82) is 0 Å². The molecule has 0 fully saturated rings. The van der Waals surface area contributed by atoms with Crippen molar-refractivity contribution >= 4 is 17.6 Å². The van der Waals surface area contributed by atoms with E-state index in [-0.39, 0.29) is 17.5 Å².